The molecule has 2 aromatic heterocycles. The number of benzene rings is 2. The van der Waals surface area contributed by atoms with Gasteiger partial charge in [0.15, 0.2) is 11.4 Å². The van der Waals surface area contributed by atoms with Crippen LogP contribution in [-0.4, -0.2) is 21.8 Å². The van der Waals surface area contributed by atoms with E-state index in [-0.39, 0.29) is 29.0 Å². The molecule has 0 unspecified atom stereocenters. The van der Waals surface area contributed by atoms with Crippen molar-refractivity contribution in [2.75, 3.05) is 0 Å². The Morgan fingerprint density at radius 3 is 2.61 bits per heavy atom. The molecule has 5 nitrogen and oxygen atoms in total. The van der Waals surface area contributed by atoms with Gasteiger partial charge < -0.3 is 9.52 Å². The summed E-state index contributed by atoms with van der Waals surface area (Å²) < 4.78 is 19.0. The lowest BCUT2D eigenvalue weighted by Crippen LogP contribution is -2.07. The number of rotatable bonds is 5. The fourth-order valence-electron chi connectivity index (χ4n) is 2.86. The van der Waals surface area contributed by atoms with E-state index in [0.29, 0.717) is 21.0 Å². The number of para-hydroxylation sites is 1. The zero-order valence-electron chi connectivity index (χ0n) is 14.1. The van der Waals surface area contributed by atoms with Crippen LogP contribution >= 0.6 is 22.9 Å². The highest BCUT2D eigenvalue weighted by Crippen LogP contribution is 2.33. The molecule has 0 atom stereocenters. The van der Waals surface area contributed by atoms with Crippen molar-refractivity contribution in [3.05, 3.63) is 75.0 Å². The van der Waals surface area contributed by atoms with Crippen LogP contribution in [0, 0.1) is 5.82 Å². The number of carboxylic acid groups (broad SMARTS) is 1. The number of carbonyl (C=O) groups is 2. The minimum Gasteiger partial charge on any atom is -0.478 e. The number of hydrogen-bond acceptors (Lipinski definition) is 5. The highest BCUT2D eigenvalue weighted by Gasteiger charge is 2.24. The first kappa shape index (κ1) is 18.3. The van der Waals surface area contributed by atoms with Crippen LogP contribution in [0.5, 0.6) is 0 Å². The van der Waals surface area contributed by atoms with Crippen LogP contribution < -0.4 is 0 Å². The number of aromatic carboxylic acids is 1. The summed E-state index contributed by atoms with van der Waals surface area (Å²) in [5, 5.41) is 11.9. The Balaban J connectivity index is 1.69. The minimum atomic E-state index is -1.14. The van der Waals surface area contributed by atoms with Crippen LogP contribution in [0.25, 0.3) is 22.2 Å². The quantitative estimate of drug-likeness (QED) is 0.437. The molecule has 0 saturated heterocycles. The molecule has 0 spiro atoms. The van der Waals surface area contributed by atoms with Crippen LogP contribution in [0.4, 0.5) is 4.39 Å². The number of carboxylic acids is 1. The largest absolute Gasteiger partial charge is 0.478 e. The average molecular weight is 416 g/mol. The third-order valence-corrected chi connectivity index (χ3v) is 5.40. The summed E-state index contributed by atoms with van der Waals surface area (Å²) in [6.45, 7) is 0. The molecule has 2 aromatic carbocycles. The fourth-order valence-corrected chi connectivity index (χ4v) is 4.03. The van der Waals surface area contributed by atoms with Crippen LogP contribution in [0.2, 0.25) is 5.02 Å². The van der Waals surface area contributed by atoms with Crippen molar-refractivity contribution < 1.29 is 23.5 Å². The second-order valence-corrected chi connectivity index (χ2v) is 7.37. The lowest BCUT2D eigenvalue weighted by Gasteiger charge is -2.03. The Bertz CT molecular complexity index is 1210. The van der Waals surface area contributed by atoms with Crippen LogP contribution in [0.3, 0.4) is 0 Å². The van der Waals surface area contributed by atoms with Crippen LogP contribution in [0.1, 0.15) is 25.9 Å². The number of ketones is 1. The second kappa shape index (κ2) is 7.18. The van der Waals surface area contributed by atoms with Gasteiger partial charge in [-0.3, -0.25) is 4.79 Å². The molecule has 8 heteroatoms. The third-order valence-electron chi connectivity index (χ3n) is 4.16. The first-order valence-electron chi connectivity index (χ1n) is 8.12. The van der Waals surface area contributed by atoms with Crippen molar-refractivity contribution in [2.45, 2.75) is 6.42 Å². The number of Topliss-reactive ketones (excluding diaryl/α,β-unsaturated/α-hetero) is 1. The lowest BCUT2D eigenvalue weighted by molar-refractivity contribution is 0.0697. The van der Waals surface area contributed by atoms with E-state index in [1.54, 1.807) is 29.6 Å². The number of aromatic nitrogens is 1. The average Bonchev–Trinajstić information content (AvgIpc) is 3.27. The van der Waals surface area contributed by atoms with Gasteiger partial charge in [-0.15, -0.1) is 11.3 Å². The van der Waals surface area contributed by atoms with Gasteiger partial charge in [0, 0.05) is 15.5 Å². The van der Waals surface area contributed by atoms with Gasteiger partial charge in [0.1, 0.15) is 5.52 Å². The summed E-state index contributed by atoms with van der Waals surface area (Å²) in [6.07, 6.45) is -0.214. The molecule has 0 amide bonds. The minimum absolute atomic E-state index is 0.0444. The number of nitrogens with zero attached hydrogens (tertiary/aromatic N) is 1. The van der Waals surface area contributed by atoms with E-state index in [1.165, 1.54) is 18.2 Å². The number of thiophene rings is 1. The van der Waals surface area contributed by atoms with Crippen molar-refractivity contribution in [1.82, 2.24) is 4.98 Å². The monoisotopic (exact) mass is 415 g/mol. The molecule has 140 valence electrons. The molecule has 0 aliphatic carbocycles. The summed E-state index contributed by atoms with van der Waals surface area (Å²) >= 11 is 7.04. The van der Waals surface area contributed by atoms with E-state index in [9.17, 15) is 19.1 Å². The van der Waals surface area contributed by atoms with Crippen molar-refractivity contribution in [3.63, 3.8) is 0 Å². The molecule has 0 aliphatic heterocycles. The van der Waals surface area contributed by atoms with Gasteiger partial charge in [-0.1, -0.05) is 29.8 Å². The molecule has 2 heterocycles. The molecular weight excluding hydrogens is 405 g/mol. The Kier molecular flexibility index (Phi) is 4.70. The Labute approximate surface area is 167 Å². The van der Waals surface area contributed by atoms with Crippen molar-refractivity contribution in [2.24, 2.45) is 0 Å². The molecule has 0 radical (unpaired) electrons. The number of halogens is 2. The summed E-state index contributed by atoms with van der Waals surface area (Å²) in [7, 11) is 0. The standard InChI is InChI=1S/C20H11ClFNO4S/c21-11-6-4-10(5-7-11)12-9-28-16(17(12)20(25)26)8-15(24)19-23-14-3-1-2-13(22)18(14)27-19/h1-7,9H,8H2,(H,25,26). The molecule has 0 saturated carbocycles. The van der Waals surface area contributed by atoms with E-state index >= 15 is 0 Å². The molecule has 0 aliphatic rings. The normalized spacial score (nSPS) is 11.1. The fraction of sp³-hybridized carbons (Fsp3) is 0.0500. The maximum atomic E-state index is 13.7. The van der Waals surface area contributed by atoms with Crippen LogP contribution in [0.15, 0.2) is 52.3 Å². The first-order valence-corrected chi connectivity index (χ1v) is 9.37. The zero-order valence-corrected chi connectivity index (χ0v) is 15.7. The predicted octanol–water partition coefficient (Wildman–Crippen LogP) is 5.47. The lowest BCUT2D eigenvalue weighted by atomic mass is 10.0. The molecular formula is C20H11ClFNO4S. The van der Waals surface area contributed by atoms with Gasteiger partial charge >= 0.3 is 5.97 Å². The molecule has 4 rings (SSSR count). The number of oxazole rings is 1. The van der Waals surface area contributed by atoms with Gasteiger partial charge in [-0.25, -0.2) is 14.2 Å². The smallest absolute Gasteiger partial charge is 0.337 e. The Morgan fingerprint density at radius 2 is 1.93 bits per heavy atom. The van der Waals surface area contributed by atoms with Crippen LogP contribution in [-0.2, 0) is 6.42 Å². The Morgan fingerprint density at radius 1 is 1.18 bits per heavy atom. The summed E-state index contributed by atoms with van der Waals surface area (Å²) in [5.74, 6) is -2.53. The molecule has 1 N–H and O–H groups in total. The first-order chi connectivity index (χ1) is 13.4. The van der Waals surface area contributed by atoms with E-state index in [1.807, 2.05) is 0 Å². The summed E-state index contributed by atoms with van der Waals surface area (Å²) in [5.41, 5.74) is 1.36. The summed E-state index contributed by atoms with van der Waals surface area (Å²) in [6, 6.07) is 11.0. The molecule has 4 aromatic rings. The highest BCUT2D eigenvalue weighted by atomic mass is 35.5. The SMILES string of the molecule is O=C(Cc1scc(-c2ccc(Cl)cc2)c1C(=O)O)c1nc2cccc(F)c2o1. The second-order valence-electron chi connectivity index (χ2n) is 5.97. The highest BCUT2D eigenvalue weighted by molar-refractivity contribution is 7.11. The van der Waals surface area contributed by atoms with Crippen molar-refractivity contribution >= 4 is 45.8 Å². The summed E-state index contributed by atoms with van der Waals surface area (Å²) in [4.78, 5) is 28.8. The van der Waals surface area contributed by atoms with E-state index in [0.717, 1.165) is 11.3 Å². The topological polar surface area (TPSA) is 80.4 Å². The third kappa shape index (κ3) is 3.30. The van der Waals surface area contributed by atoms with Crippen molar-refractivity contribution in [1.29, 1.82) is 0 Å². The number of fused-ring (bicyclic) bond motifs is 1. The molecule has 0 fully saturated rings. The van der Waals surface area contributed by atoms with Crippen molar-refractivity contribution in [3.8, 4) is 11.1 Å². The number of hydrogen-bond donors (Lipinski definition) is 1. The van der Waals surface area contributed by atoms with Gasteiger partial charge in [0.05, 0.1) is 12.0 Å². The van der Waals surface area contributed by atoms with E-state index in [2.05, 4.69) is 4.98 Å². The predicted molar refractivity (Wildman–Crippen MR) is 104 cm³/mol. The van der Waals surface area contributed by atoms with Gasteiger partial charge in [0.2, 0.25) is 5.78 Å². The number of carbonyl (C=O) groups excluding carboxylic acids is 1. The van der Waals surface area contributed by atoms with E-state index < -0.39 is 17.6 Å². The molecule has 0 bridgehead atoms. The van der Waals surface area contributed by atoms with E-state index in [4.69, 9.17) is 16.0 Å². The zero-order chi connectivity index (χ0) is 19.8. The molecule has 28 heavy (non-hydrogen) atoms. The van der Waals surface area contributed by atoms with Gasteiger partial charge in [-0.05, 0) is 35.2 Å². The Hall–Kier alpha value is -3.03. The van der Waals surface area contributed by atoms with Gasteiger partial charge in [-0.2, -0.15) is 0 Å². The maximum Gasteiger partial charge on any atom is 0.337 e. The maximum absolute atomic E-state index is 13.7. The van der Waals surface area contributed by atoms with Gasteiger partial charge in [0.25, 0.3) is 5.89 Å².